The highest BCUT2D eigenvalue weighted by Gasteiger charge is 2.35. The lowest BCUT2D eigenvalue weighted by atomic mass is 9.79. The van der Waals surface area contributed by atoms with E-state index in [9.17, 15) is 0 Å². The van der Waals surface area contributed by atoms with Crippen molar-refractivity contribution in [1.29, 1.82) is 0 Å². The Morgan fingerprint density at radius 1 is 1.16 bits per heavy atom. The van der Waals surface area contributed by atoms with E-state index in [1.807, 2.05) is 6.21 Å². The highest BCUT2D eigenvalue weighted by molar-refractivity contribution is 5.86. The number of anilines is 1. The number of nitrogens with zero attached hydrogens (tertiary/aromatic N) is 2. The molecular weight excluding hydrogens is 304 g/mol. The summed E-state index contributed by atoms with van der Waals surface area (Å²) in [5.74, 6) is 0.569. The molecule has 0 unspecified atom stereocenters. The lowest BCUT2D eigenvalue weighted by molar-refractivity contribution is 0.381. The van der Waals surface area contributed by atoms with Gasteiger partial charge in [-0.3, -0.25) is 4.99 Å². The van der Waals surface area contributed by atoms with Crippen LogP contribution in [-0.2, 0) is 0 Å². The lowest BCUT2D eigenvalue weighted by Gasteiger charge is -2.47. The fraction of sp³-hybridized carbons (Fsp3) is 0.435. The van der Waals surface area contributed by atoms with Crippen LogP contribution in [0.1, 0.15) is 62.3 Å². The van der Waals surface area contributed by atoms with E-state index in [0.29, 0.717) is 5.92 Å². The summed E-state index contributed by atoms with van der Waals surface area (Å²) >= 11 is 0. The number of hydrogen-bond donors (Lipinski definition) is 0. The van der Waals surface area contributed by atoms with Crippen LogP contribution in [0.15, 0.2) is 41.4 Å². The second-order valence-corrected chi connectivity index (χ2v) is 8.02. The number of fused-ring (bicyclic) bond motifs is 1. The third-order valence-corrected chi connectivity index (χ3v) is 5.48. The summed E-state index contributed by atoms with van der Waals surface area (Å²) in [6.07, 6.45) is 3.20. The molecule has 0 aromatic heterocycles. The summed E-state index contributed by atoms with van der Waals surface area (Å²) in [4.78, 5) is 7.23. The number of aliphatic imine (C=N–C) groups is 1. The van der Waals surface area contributed by atoms with Gasteiger partial charge in [0.15, 0.2) is 0 Å². The molecule has 1 atom stereocenters. The smallest absolute Gasteiger partial charge is 0.0630 e. The first kappa shape index (κ1) is 17.7. The first-order valence-corrected chi connectivity index (χ1v) is 9.34. The molecule has 0 fully saturated rings. The van der Waals surface area contributed by atoms with Gasteiger partial charge >= 0.3 is 0 Å². The van der Waals surface area contributed by atoms with Gasteiger partial charge in [0.05, 0.1) is 5.69 Å². The van der Waals surface area contributed by atoms with Crippen molar-refractivity contribution in [2.75, 3.05) is 11.4 Å². The Morgan fingerprint density at radius 2 is 1.84 bits per heavy atom. The van der Waals surface area contributed by atoms with E-state index in [4.69, 9.17) is 0 Å². The van der Waals surface area contributed by atoms with E-state index in [0.717, 1.165) is 12.2 Å². The molecule has 132 valence electrons. The molecule has 0 saturated heterocycles. The van der Waals surface area contributed by atoms with E-state index in [-0.39, 0.29) is 5.54 Å². The summed E-state index contributed by atoms with van der Waals surface area (Å²) in [7, 11) is 0. The van der Waals surface area contributed by atoms with Gasteiger partial charge < -0.3 is 4.90 Å². The van der Waals surface area contributed by atoms with Gasteiger partial charge in [0, 0.05) is 24.0 Å². The van der Waals surface area contributed by atoms with E-state index in [1.54, 1.807) is 0 Å². The van der Waals surface area contributed by atoms with Gasteiger partial charge in [-0.15, -0.1) is 0 Å². The zero-order chi connectivity index (χ0) is 18.2. The molecule has 2 nitrogen and oxygen atoms in total. The average molecular weight is 335 g/mol. The van der Waals surface area contributed by atoms with Crippen molar-refractivity contribution in [1.82, 2.24) is 0 Å². The van der Waals surface area contributed by atoms with E-state index in [1.165, 1.54) is 34.4 Å². The van der Waals surface area contributed by atoms with Crippen LogP contribution in [0.5, 0.6) is 0 Å². The third-order valence-electron chi connectivity index (χ3n) is 5.48. The Balaban J connectivity index is 1.99. The molecule has 25 heavy (non-hydrogen) atoms. The molecule has 0 spiro atoms. The molecule has 3 rings (SSSR count). The highest BCUT2D eigenvalue weighted by atomic mass is 15.2. The first-order valence-electron chi connectivity index (χ1n) is 9.34. The van der Waals surface area contributed by atoms with Crippen LogP contribution < -0.4 is 4.90 Å². The highest BCUT2D eigenvalue weighted by Crippen LogP contribution is 2.44. The van der Waals surface area contributed by atoms with Gasteiger partial charge in [-0.1, -0.05) is 24.6 Å². The number of aryl methyl sites for hydroxylation is 2. The van der Waals surface area contributed by atoms with Crippen molar-refractivity contribution >= 4 is 17.6 Å². The monoisotopic (exact) mass is 334 g/mol. The zero-order valence-corrected chi connectivity index (χ0v) is 16.4. The van der Waals surface area contributed by atoms with Crippen LogP contribution in [0.3, 0.4) is 0 Å². The Morgan fingerprint density at radius 3 is 2.48 bits per heavy atom. The molecule has 0 N–H and O–H groups in total. The lowest BCUT2D eigenvalue weighted by Crippen LogP contribution is -2.48. The van der Waals surface area contributed by atoms with E-state index < -0.39 is 0 Å². The normalized spacial score (nSPS) is 19.3. The summed E-state index contributed by atoms with van der Waals surface area (Å²) in [6, 6.07) is 13.1. The molecular formula is C23H30N2. The summed E-state index contributed by atoms with van der Waals surface area (Å²) in [5, 5.41) is 0. The standard InChI is InChI=1S/C23H30N2/c1-7-25-22-12-17(3)19(13-21(22)18(4)14-23(25,5)6)15-24-20-10-8-16(2)9-11-20/h8-13,15,18H,7,14H2,1-6H3/t18-/m1/s1. The van der Waals surface area contributed by atoms with Crippen molar-refractivity contribution in [3.63, 3.8) is 0 Å². The van der Waals surface area contributed by atoms with E-state index in [2.05, 4.69) is 87.8 Å². The van der Waals surface area contributed by atoms with Crippen molar-refractivity contribution in [2.45, 2.75) is 59.4 Å². The minimum Gasteiger partial charge on any atom is -0.366 e. The number of rotatable bonds is 3. The second-order valence-electron chi connectivity index (χ2n) is 8.02. The maximum absolute atomic E-state index is 4.68. The minimum absolute atomic E-state index is 0.213. The number of benzene rings is 2. The minimum atomic E-state index is 0.213. The molecule has 0 amide bonds. The number of hydrogen-bond acceptors (Lipinski definition) is 2. The molecule has 1 heterocycles. The van der Waals surface area contributed by atoms with Gasteiger partial charge in [0.2, 0.25) is 0 Å². The van der Waals surface area contributed by atoms with Crippen LogP contribution >= 0.6 is 0 Å². The first-order chi connectivity index (χ1) is 11.8. The molecule has 2 heteroatoms. The van der Waals surface area contributed by atoms with E-state index >= 15 is 0 Å². The van der Waals surface area contributed by atoms with Gasteiger partial charge in [-0.25, -0.2) is 0 Å². The van der Waals surface area contributed by atoms with Crippen molar-refractivity contribution in [3.8, 4) is 0 Å². The second kappa shape index (κ2) is 6.67. The molecule has 1 aliphatic heterocycles. The van der Waals surface area contributed by atoms with Crippen molar-refractivity contribution in [2.24, 2.45) is 4.99 Å². The van der Waals surface area contributed by atoms with Crippen molar-refractivity contribution in [3.05, 3.63) is 58.7 Å². The SMILES string of the molecule is CCN1c2cc(C)c(C=Nc3ccc(C)cc3)cc2[C@H](C)CC1(C)C. The van der Waals surface area contributed by atoms with Gasteiger partial charge in [-0.05, 0) is 87.9 Å². The molecule has 0 aliphatic carbocycles. The Bertz CT molecular complexity index is 784. The Hall–Kier alpha value is -2.09. The zero-order valence-electron chi connectivity index (χ0n) is 16.4. The molecule has 2 aromatic rings. The Kier molecular flexibility index (Phi) is 4.73. The molecule has 0 saturated carbocycles. The summed E-state index contributed by atoms with van der Waals surface area (Å²) in [5.41, 5.74) is 7.85. The largest absolute Gasteiger partial charge is 0.366 e. The van der Waals surface area contributed by atoms with Gasteiger partial charge in [-0.2, -0.15) is 0 Å². The maximum atomic E-state index is 4.68. The van der Waals surface area contributed by atoms with Gasteiger partial charge in [0.1, 0.15) is 0 Å². The summed E-state index contributed by atoms with van der Waals surface area (Å²) < 4.78 is 0. The predicted molar refractivity (Wildman–Crippen MR) is 110 cm³/mol. The average Bonchev–Trinajstić information content (AvgIpc) is 2.54. The quantitative estimate of drug-likeness (QED) is 0.613. The van der Waals surface area contributed by atoms with Crippen LogP contribution in [-0.4, -0.2) is 18.3 Å². The molecule has 1 aliphatic rings. The van der Waals surface area contributed by atoms with Crippen LogP contribution in [0.2, 0.25) is 0 Å². The molecule has 2 aromatic carbocycles. The maximum Gasteiger partial charge on any atom is 0.0630 e. The van der Waals surface area contributed by atoms with Crippen LogP contribution in [0, 0.1) is 13.8 Å². The topological polar surface area (TPSA) is 15.6 Å². The summed E-state index contributed by atoms with van der Waals surface area (Å²) in [6.45, 7) is 14.7. The van der Waals surface area contributed by atoms with Crippen LogP contribution in [0.25, 0.3) is 0 Å². The fourth-order valence-electron chi connectivity index (χ4n) is 4.16. The third kappa shape index (κ3) is 3.49. The molecule has 0 bridgehead atoms. The fourth-order valence-corrected chi connectivity index (χ4v) is 4.16. The van der Waals surface area contributed by atoms with Crippen molar-refractivity contribution < 1.29 is 0 Å². The predicted octanol–water partition coefficient (Wildman–Crippen LogP) is 6.17. The molecule has 0 radical (unpaired) electrons. The van der Waals surface area contributed by atoms with Gasteiger partial charge in [0.25, 0.3) is 0 Å². The Labute approximate surface area is 152 Å². The van der Waals surface area contributed by atoms with Crippen LogP contribution in [0.4, 0.5) is 11.4 Å².